The van der Waals surface area contributed by atoms with Crippen LogP contribution in [0.4, 0.5) is 5.69 Å². The van der Waals surface area contributed by atoms with Gasteiger partial charge in [0.25, 0.3) is 5.91 Å². The third-order valence-electron chi connectivity index (χ3n) is 7.26. The van der Waals surface area contributed by atoms with Crippen molar-refractivity contribution >= 4 is 28.9 Å². The molecule has 4 rings (SSSR count). The van der Waals surface area contributed by atoms with Crippen molar-refractivity contribution in [1.82, 2.24) is 4.90 Å². The minimum atomic E-state index is -2.75. The lowest BCUT2D eigenvalue weighted by Gasteiger charge is -2.50. The molecule has 1 saturated carbocycles. The number of nitrogens with zero attached hydrogens (tertiary/aromatic N) is 2. The number of amides is 1. The Morgan fingerprint density at radius 3 is 2.11 bits per heavy atom. The molecule has 4 atom stereocenters. The zero-order valence-corrected chi connectivity index (χ0v) is 19.5. The fourth-order valence-electron chi connectivity index (χ4n) is 5.81. The van der Waals surface area contributed by atoms with Crippen molar-refractivity contribution in [2.45, 2.75) is 24.5 Å². The van der Waals surface area contributed by atoms with Gasteiger partial charge < -0.3 is 41.3 Å². The number of anilines is 1. The van der Waals surface area contributed by atoms with Gasteiger partial charge in [0.05, 0.1) is 17.3 Å². The summed E-state index contributed by atoms with van der Waals surface area (Å²) in [7, 11) is 6.17. The molecule has 12 nitrogen and oxygen atoms in total. The predicted octanol–water partition coefficient (Wildman–Crippen LogP) is -0.559. The highest BCUT2D eigenvalue weighted by Gasteiger charge is 2.64. The predicted molar refractivity (Wildman–Crippen MR) is 122 cm³/mol. The Hall–Kier alpha value is -3.77. The normalized spacial score (nSPS) is 28.1. The number of primary amides is 1. The van der Waals surface area contributed by atoms with E-state index in [0.717, 1.165) is 0 Å². The molecule has 1 aromatic carbocycles. The van der Waals surface area contributed by atoms with Gasteiger partial charge in [-0.25, -0.2) is 0 Å². The number of aromatic hydroxyl groups is 3. The Morgan fingerprint density at radius 2 is 1.60 bits per heavy atom. The van der Waals surface area contributed by atoms with Gasteiger partial charge in [-0.3, -0.25) is 19.3 Å². The van der Waals surface area contributed by atoms with Gasteiger partial charge >= 0.3 is 0 Å². The second-order valence-electron chi connectivity index (χ2n) is 9.60. The standard InChI is InChI=1S/C23H27N3O9/c1-25(2)13-8-5-7-6-9-14(26(3)4)16(28)12(22(24)34)21(33)23(9,35)20(32)10(7)15(27)11(8)17(29)19(31)18(13)30/h7,9,14,27,29-31,33,35H,5-6H2,1-4H3,(H2,24,34)/t7-,9-,14-,23-/m0/s1. The van der Waals surface area contributed by atoms with E-state index in [0.29, 0.717) is 0 Å². The molecule has 1 aromatic rings. The molecule has 0 aromatic heterocycles. The average Bonchev–Trinajstić information content (AvgIpc) is 2.74. The largest absolute Gasteiger partial charge is 0.508 e. The molecular formula is C23H27N3O9. The fraction of sp³-hybridized carbons (Fsp3) is 0.435. The smallest absolute Gasteiger partial charge is 0.255 e. The van der Waals surface area contributed by atoms with Crippen LogP contribution in [0.1, 0.15) is 17.5 Å². The first-order valence-corrected chi connectivity index (χ1v) is 10.8. The maximum Gasteiger partial charge on any atom is 0.255 e. The summed E-state index contributed by atoms with van der Waals surface area (Å²) >= 11 is 0. The first-order valence-electron chi connectivity index (χ1n) is 10.8. The summed E-state index contributed by atoms with van der Waals surface area (Å²) in [5.41, 5.74) is 1.34. The molecule has 1 amide bonds. The number of benzene rings is 1. The molecule has 12 heteroatoms. The summed E-state index contributed by atoms with van der Waals surface area (Å²) in [6, 6.07) is -1.19. The Labute approximate surface area is 199 Å². The van der Waals surface area contributed by atoms with Gasteiger partial charge in [0.1, 0.15) is 17.1 Å². The number of aliphatic hydroxyl groups excluding tert-OH is 2. The van der Waals surface area contributed by atoms with E-state index in [4.69, 9.17) is 5.73 Å². The van der Waals surface area contributed by atoms with Crippen LogP contribution in [0.15, 0.2) is 16.9 Å². The number of phenols is 3. The van der Waals surface area contributed by atoms with E-state index in [1.54, 1.807) is 14.1 Å². The number of hydrogen-bond donors (Lipinski definition) is 7. The first kappa shape index (κ1) is 24.4. The zero-order valence-electron chi connectivity index (χ0n) is 19.5. The molecule has 0 bridgehead atoms. The lowest BCUT2D eigenvalue weighted by Crippen LogP contribution is -2.65. The van der Waals surface area contributed by atoms with E-state index in [1.165, 1.54) is 23.9 Å². The van der Waals surface area contributed by atoms with Crippen LogP contribution in [0.25, 0.3) is 5.76 Å². The van der Waals surface area contributed by atoms with Gasteiger partial charge in [-0.2, -0.15) is 0 Å². The Balaban J connectivity index is 2.03. The number of Topliss-reactive ketones (excluding diaryl/α,β-unsaturated/α-hetero) is 2. The molecule has 8 N–H and O–H groups in total. The number of likely N-dealkylation sites (N-methyl/N-ethyl adjacent to an activating group) is 1. The highest BCUT2D eigenvalue weighted by Crippen LogP contribution is 2.57. The van der Waals surface area contributed by atoms with Gasteiger partial charge in [0.2, 0.25) is 11.5 Å². The monoisotopic (exact) mass is 489 g/mol. The number of phenolic OH excluding ortho intramolecular Hbond substituents is 3. The van der Waals surface area contributed by atoms with Gasteiger partial charge in [-0.1, -0.05) is 0 Å². The maximum atomic E-state index is 13.7. The van der Waals surface area contributed by atoms with Crippen molar-refractivity contribution in [2.24, 2.45) is 17.6 Å². The summed E-state index contributed by atoms with van der Waals surface area (Å²) in [4.78, 5) is 41.7. The van der Waals surface area contributed by atoms with E-state index < -0.39 is 75.3 Å². The van der Waals surface area contributed by atoms with Crippen LogP contribution in [-0.2, 0) is 20.8 Å². The molecule has 0 spiro atoms. The van der Waals surface area contributed by atoms with E-state index in [2.05, 4.69) is 0 Å². The third-order valence-corrected chi connectivity index (χ3v) is 7.26. The number of aliphatic hydroxyl groups is 3. The van der Waals surface area contributed by atoms with Gasteiger partial charge in [-0.15, -0.1) is 0 Å². The van der Waals surface area contributed by atoms with Crippen molar-refractivity contribution in [3.05, 3.63) is 28.0 Å². The fourth-order valence-corrected chi connectivity index (χ4v) is 5.81. The van der Waals surface area contributed by atoms with Crippen LogP contribution in [0.5, 0.6) is 17.2 Å². The lowest BCUT2D eigenvalue weighted by atomic mass is 9.57. The van der Waals surface area contributed by atoms with Crippen LogP contribution >= 0.6 is 0 Å². The zero-order chi connectivity index (χ0) is 26.3. The summed E-state index contributed by atoms with van der Waals surface area (Å²) in [5.74, 6) is -9.64. The van der Waals surface area contributed by atoms with E-state index in [-0.39, 0.29) is 35.2 Å². The molecule has 0 heterocycles. The second kappa shape index (κ2) is 7.62. The van der Waals surface area contributed by atoms with E-state index >= 15 is 0 Å². The van der Waals surface area contributed by atoms with Crippen LogP contribution in [-0.4, -0.2) is 92.8 Å². The topological polar surface area (TPSA) is 205 Å². The molecule has 0 radical (unpaired) electrons. The number of nitrogens with two attached hydrogens (primary N) is 1. The summed E-state index contributed by atoms with van der Waals surface area (Å²) in [6.45, 7) is 0. The SMILES string of the molecule is CN(C)c1c(O)c(O)c(O)c2c1C[C@H]1C[C@H]3[C@H](N(C)C)C(=O)C(C(N)=O)=C(O)[C@@]3(O)C(=O)C1=C2O. The van der Waals surface area contributed by atoms with Crippen LogP contribution < -0.4 is 10.6 Å². The third kappa shape index (κ3) is 2.96. The molecule has 0 saturated heterocycles. The molecule has 3 aliphatic rings. The van der Waals surface area contributed by atoms with E-state index in [1.807, 2.05) is 0 Å². The summed E-state index contributed by atoms with van der Waals surface area (Å²) in [6.07, 6.45) is -0.0928. The van der Waals surface area contributed by atoms with Gasteiger partial charge in [-0.05, 0) is 38.4 Å². The second-order valence-corrected chi connectivity index (χ2v) is 9.60. The Bertz CT molecular complexity index is 1260. The summed E-state index contributed by atoms with van der Waals surface area (Å²) in [5, 5.41) is 64.7. The van der Waals surface area contributed by atoms with Gasteiger partial charge in [0.15, 0.2) is 22.9 Å². The molecule has 188 valence electrons. The molecule has 3 aliphatic carbocycles. The highest BCUT2D eigenvalue weighted by atomic mass is 16.4. The molecular weight excluding hydrogens is 462 g/mol. The highest BCUT2D eigenvalue weighted by molar-refractivity contribution is 6.24. The molecule has 35 heavy (non-hydrogen) atoms. The number of fused-ring (bicyclic) bond motifs is 3. The number of ketones is 2. The van der Waals surface area contributed by atoms with Crippen molar-refractivity contribution in [2.75, 3.05) is 33.1 Å². The minimum absolute atomic E-state index is 0.0105. The van der Waals surface area contributed by atoms with Crippen LogP contribution in [0, 0.1) is 11.8 Å². The minimum Gasteiger partial charge on any atom is -0.508 e. The van der Waals surface area contributed by atoms with Crippen LogP contribution in [0.2, 0.25) is 0 Å². The van der Waals surface area contributed by atoms with E-state index in [9.17, 15) is 45.0 Å². The van der Waals surface area contributed by atoms with Crippen molar-refractivity contribution < 1.29 is 45.0 Å². The van der Waals surface area contributed by atoms with Crippen molar-refractivity contribution in [3.63, 3.8) is 0 Å². The Kier molecular flexibility index (Phi) is 5.30. The number of carbonyl (C=O) groups is 3. The summed E-state index contributed by atoms with van der Waals surface area (Å²) < 4.78 is 0. The lowest BCUT2D eigenvalue weighted by molar-refractivity contribution is -0.153. The molecule has 1 fully saturated rings. The van der Waals surface area contributed by atoms with Crippen LogP contribution in [0.3, 0.4) is 0 Å². The number of hydrogen-bond acceptors (Lipinski definition) is 11. The maximum absolute atomic E-state index is 13.7. The number of rotatable bonds is 3. The Morgan fingerprint density at radius 1 is 1.00 bits per heavy atom. The number of carbonyl (C=O) groups excluding carboxylic acids is 3. The van der Waals surface area contributed by atoms with Gasteiger partial charge in [0, 0.05) is 25.6 Å². The van der Waals surface area contributed by atoms with Crippen molar-refractivity contribution in [3.8, 4) is 17.2 Å². The molecule has 0 unspecified atom stereocenters. The molecule has 0 aliphatic heterocycles. The first-order chi connectivity index (χ1) is 16.2. The van der Waals surface area contributed by atoms with Crippen molar-refractivity contribution in [1.29, 1.82) is 0 Å². The average molecular weight is 489 g/mol. The quantitative estimate of drug-likeness (QED) is 0.212.